The third-order valence-corrected chi connectivity index (χ3v) is 6.43. The Bertz CT molecular complexity index is 1370. The molecular formula is C27H30F2N6O2. The van der Waals surface area contributed by atoms with Gasteiger partial charge in [0.25, 0.3) is 0 Å². The van der Waals surface area contributed by atoms with Crippen LogP contribution in [0, 0.1) is 11.6 Å². The summed E-state index contributed by atoms with van der Waals surface area (Å²) in [7, 11) is 3.73. The van der Waals surface area contributed by atoms with Crippen LogP contribution in [0.3, 0.4) is 0 Å². The van der Waals surface area contributed by atoms with E-state index in [1.807, 2.05) is 12.1 Å². The number of halogens is 2. The molecule has 0 aliphatic carbocycles. The van der Waals surface area contributed by atoms with E-state index in [1.54, 1.807) is 13.3 Å². The van der Waals surface area contributed by atoms with Crippen LogP contribution in [0.1, 0.15) is 5.56 Å². The van der Waals surface area contributed by atoms with Crippen molar-refractivity contribution in [2.75, 3.05) is 58.9 Å². The molecule has 1 saturated heterocycles. The number of H-pyrrole nitrogens is 1. The summed E-state index contributed by atoms with van der Waals surface area (Å²) in [5.41, 5.74) is 3.23. The van der Waals surface area contributed by atoms with Crippen molar-refractivity contribution in [1.82, 2.24) is 24.8 Å². The van der Waals surface area contributed by atoms with E-state index < -0.39 is 11.6 Å². The van der Waals surface area contributed by atoms with Gasteiger partial charge in [0, 0.05) is 68.9 Å². The van der Waals surface area contributed by atoms with Crippen molar-refractivity contribution in [3.8, 4) is 17.0 Å². The zero-order valence-electron chi connectivity index (χ0n) is 20.9. The van der Waals surface area contributed by atoms with Gasteiger partial charge >= 0.3 is 0 Å². The highest BCUT2D eigenvalue weighted by Gasteiger charge is 2.19. The number of benzene rings is 2. The van der Waals surface area contributed by atoms with Gasteiger partial charge in [-0.25, -0.2) is 8.78 Å². The zero-order chi connectivity index (χ0) is 25.8. The number of piperazine rings is 1. The Morgan fingerprint density at radius 3 is 2.62 bits per heavy atom. The highest BCUT2D eigenvalue weighted by Crippen LogP contribution is 2.36. The fourth-order valence-corrected chi connectivity index (χ4v) is 4.44. The molecule has 1 fully saturated rings. The van der Waals surface area contributed by atoms with Crippen LogP contribution < -0.4 is 10.1 Å². The second-order valence-corrected chi connectivity index (χ2v) is 9.15. The van der Waals surface area contributed by atoms with Gasteiger partial charge < -0.3 is 24.7 Å². The standard InChI is InChI=1S/C27H30F2N6O2/c1-34-8-10-35(11-9-34)17-18-4-3-5-20(14-18)31-27-32-25-24(26(33-27)37-13-12-36-2)22(16-30-25)21-7-6-19(28)15-23(21)29/h3-7,14-16H,8-13,17H2,1-2H3,(H2,30,31,32,33). The van der Waals surface area contributed by atoms with Crippen molar-refractivity contribution in [3.05, 3.63) is 65.9 Å². The maximum Gasteiger partial charge on any atom is 0.232 e. The average molecular weight is 509 g/mol. The molecule has 0 unspecified atom stereocenters. The predicted molar refractivity (Wildman–Crippen MR) is 139 cm³/mol. The third-order valence-electron chi connectivity index (χ3n) is 6.43. The number of likely N-dealkylation sites (N-methyl/N-ethyl adjacent to an activating group) is 1. The normalized spacial score (nSPS) is 14.8. The lowest BCUT2D eigenvalue weighted by atomic mass is 10.1. The average Bonchev–Trinajstić information content (AvgIpc) is 3.30. The highest BCUT2D eigenvalue weighted by molar-refractivity contribution is 5.98. The first-order valence-electron chi connectivity index (χ1n) is 12.2. The second-order valence-electron chi connectivity index (χ2n) is 9.15. The van der Waals surface area contributed by atoms with Crippen LogP contribution in [0.15, 0.2) is 48.7 Å². The van der Waals surface area contributed by atoms with E-state index in [-0.39, 0.29) is 18.1 Å². The number of aromatic amines is 1. The first-order valence-corrected chi connectivity index (χ1v) is 12.2. The molecule has 1 aliphatic heterocycles. The molecule has 0 amide bonds. The second kappa shape index (κ2) is 11.2. The minimum atomic E-state index is -0.678. The maximum atomic E-state index is 14.6. The van der Waals surface area contributed by atoms with Gasteiger partial charge in [0.2, 0.25) is 11.8 Å². The molecule has 0 atom stereocenters. The number of hydrogen-bond acceptors (Lipinski definition) is 7. The Kier molecular flexibility index (Phi) is 7.59. The SMILES string of the molecule is COCCOc1nc(Nc2cccc(CN3CCN(C)CC3)c2)nc2[nH]cc(-c3ccc(F)cc3F)c12. The van der Waals surface area contributed by atoms with Crippen LogP contribution in [0.25, 0.3) is 22.2 Å². The van der Waals surface area contributed by atoms with Gasteiger partial charge in [0.1, 0.15) is 23.9 Å². The summed E-state index contributed by atoms with van der Waals surface area (Å²) >= 11 is 0. The molecule has 194 valence electrons. The van der Waals surface area contributed by atoms with Gasteiger partial charge in [-0.2, -0.15) is 9.97 Å². The van der Waals surface area contributed by atoms with E-state index in [0.29, 0.717) is 29.2 Å². The molecule has 10 heteroatoms. The van der Waals surface area contributed by atoms with E-state index in [0.717, 1.165) is 44.5 Å². The Morgan fingerprint density at radius 1 is 1.00 bits per heavy atom. The lowest BCUT2D eigenvalue weighted by Gasteiger charge is -2.32. The minimum absolute atomic E-state index is 0.227. The summed E-state index contributed by atoms with van der Waals surface area (Å²) in [4.78, 5) is 17.1. The van der Waals surface area contributed by atoms with Gasteiger partial charge in [0.05, 0.1) is 12.0 Å². The van der Waals surface area contributed by atoms with Gasteiger partial charge in [-0.15, -0.1) is 0 Å². The lowest BCUT2D eigenvalue weighted by molar-refractivity contribution is 0.144. The van der Waals surface area contributed by atoms with Crippen molar-refractivity contribution in [3.63, 3.8) is 0 Å². The van der Waals surface area contributed by atoms with E-state index in [9.17, 15) is 8.78 Å². The van der Waals surface area contributed by atoms with Gasteiger partial charge in [-0.3, -0.25) is 4.90 Å². The molecule has 4 aromatic rings. The molecule has 0 spiro atoms. The van der Waals surface area contributed by atoms with Crippen LogP contribution in [0.4, 0.5) is 20.4 Å². The molecule has 0 bridgehead atoms. The number of nitrogens with one attached hydrogen (secondary N) is 2. The number of ether oxygens (including phenoxy) is 2. The molecule has 3 heterocycles. The Balaban J connectivity index is 1.43. The Labute approximate surface area is 214 Å². The summed E-state index contributed by atoms with van der Waals surface area (Å²) in [6, 6.07) is 11.6. The topological polar surface area (TPSA) is 78.5 Å². The van der Waals surface area contributed by atoms with Gasteiger partial charge in [-0.1, -0.05) is 12.1 Å². The minimum Gasteiger partial charge on any atom is -0.475 e. The van der Waals surface area contributed by atoms with Crippen molar-refractivity contribution >= 4 is 22.7 Å². The molecule has 0 radical (unpaired) electrons. The van der Waals surface area contributed by atoms with E-state index in [4.69, 9.17) is 9.47 Å². The molecule has 2 aromatic carbocycles. The lowest BCUT2D eigenvalue weighted by Crippen LogP contribution is -2.43. The van der Waals surface area contributed by atoms with Gasteiger partial charge in [-0.05, 0) is 36.9 Å². The molecule has 1 aliphatic rings. The smallest absolute Gasteiger partial charge is 0.232 e. The first kappa shape index (κ1) is 25.1. The zero-order valence-corrected chi connectivity index (χ0v) is 20.9. The summed E-state index contributed by atoms with van der Waals surface area (Å²) < 4.78 is 39.1. The van der Waals surface area contributed by atoms with Crippen molar-refractivity contribution in [1.29, 1.82) is 0 Å². The van der Waals surface area contributed by atoms with Crippen LogP contribution in [-0.4, -0.2) is 78.3 Å². The number of anilines is 2. The molecular weight excluding hydrogens is 478 g/mol. The Morgan fingerprint density at radius 2 is 1.84 bits per heavy atom. The quantitative estimate of drug-likeness (QED) is 0.324. The number of hydrogen-bond donors (Lipinski definition) is 2. The van der Waals surface area contributed by atoms with Crippen molar-refractivity contribution < 1.29 is 18.3 Å². The number of methoxy groups -OCH3 is 1. The fourth-order valence-electron chi connectivity index (χ4n) is 4.44. The molecule has 5 rings (SSSR count). The molecule has 2 N–H and O–H groups in total. The molecule has 8 nitrogen and oxygen atoms in total. The number of nitrogens with zero attached hydrogens (tertiary/aromatic N) is 4. The highest BCUT2D eigenvalue weighted by atomic mass is 19.1. The summed E-state index contributed by atoms with van der Waals surface area (Å²) in [5.74, 6) is -0.707. The predicted octanol–water partition coefficient (Wildman–Crippen LogP) is 4.42. The summed E-state index contributed by atoms with van der Waals surface area (Å²) in [6.07, 6.45) is 1.62. The number of aromatic nitrogens is 3. The maximum absolute atomic E-state index is 14.6. The van der Waals surface area contributed by atoms with Gasteiger partial charge in [0.15, 0.2) is 0 Å². The van der Waals surface area contributed by atoms with Crippen molar-refractivity contribution in [2.24, 2.45) is 0 Å². The van der Waals surface area contributed by atoms with Crippen LogP contribution in [-0.2, 0) is 11.3 Å². The third kappa shape index (κ3) is 5.87. The number of rotatable bonds is 9. The first-order chi connectivity index (χ1) is 18.0. The molecule has 37 heavy (non-hydrogen) atoms. The summed E-state index contributed by atoms with van der Waals surface area (Å²) in [5, 5.41) is 3.79. The van der Waals surface area contributed by atoms with E-state index in [2.05, 4.69) is 49.2 Å². The fraction of sp³-hybridized carbons (Fsp3) is 0.333. The van der Waals surface area contributed by atoms with Crippen LogP contribution >= 0.6 is 0 Å². The van der Waals surface area contributed by atoms with Crippen LogP contribution in [0.5, 0.6) is 5.88 Å². The van der Waals surface area contributed by atoms with E-state index >= 15 is 0 Å². The Hall–Kier alpha value is -3.60. The summed E-state index contributed by atoms with van der Waals surface area (Å²) in [6.45, 7) is 5.69. The molecule has 0 saturated carbocycles. The largest absolute Gasteiger partial charge is 0.475 e. The van der Waals surface area contributed by atoms with Crippen LogP contribution in [0.2, 0.25) is 0 Å². The van der Waals surface area contributed by atoms with Crippen molar-refractivity contribution in [2.45, 2.75) is 6.54 Å². The number of fused-ring (bicyclic) bond motifs is 1. The van der Waals surface area contributed by atoms with E-state index in [1.165, 1.54) is 17.7 Å². The molecule has 2 aromatic heterocycles. The monoisotopic (exact) mass is 508 g/mol.